The molecule has 0 aliphatic carbocycles. The number of hydrogen-bond donors (Lipinski definition) is 1. The lowest BCUT2D eigenvalue weighted by Crippen LogP contribution is -2.49. The minimum Gasteiger partial charge on any atom is -0.338 e. The third kappa shape index (κ3) is 2.61. The average molecular weight is 300 g/mol. The van der Waals surface area contributed by atoms with Crippen LogP contribution in [0.15, 0.2) is 24.3 Å². The van der Waals surface area contributed by atoms with E-state index in [4.69, 9.17) is 0 Å². The number of carbonyl (C=O) groups excluding carboxylic acids is 1. The van der Waals surface area contributed by atoms with E-state index in [0.29, 0.717) is 6.54 Å². The number of fused-ring (bicyclic) bond motifs is 1. The van der Waals surface area contributed by atoms with E-state index in [1.54, 1.807) is 0 Å². The van der Waals surface area contributed by atoms with Gasteiger partial charge in [0.1, 0.15) is 5.82 Å². The number of rotatable bonds is 3. The molecule has 3 rings (SSSR count). The molecule has 0 unspecified atom stereocenters. The van der Waals surface area contributed by atoms with Crippen LogP contribution in [0.25, 0.3) is 11.0 Å². The van der Waals surface area contributed by atoms with Gasteiger partial charge in [0.25, 0.3) is 0 Å². The molecule has 1 aliphatic heterocycles. The van der Waals surface area contributed by atoms with Crippen molar-refractivity contribution in [1.82, 2.24) is 19.8 Å². The fourth-order valence-electron chi connectivity index (χ4n) is 3.32. The molecule has 1 aromatic carbocycles. The number of nitrogens with zero attached hydrogens (tertiary/aromatic N) is 3. The number of aryl methyl sites for hydroxylation is 1. The number of imidazole rings is 1. The van der Waals surface area contributed by atoms with Crippen LogP contribution in [0.4, 0.5) is 0 Å². The van der Waals surface area contributed by atoms with Crippen LogP contribution in [0.1, 0.15) is 25.6 Å². The molecule has 1 aliphatic rings. The minimum absolute atomic E-state index is 0.201. The molecule has 1 atom stereocenters. The van der Waals surface area contributed by atoms with Crippen LogP contribution in [0.3, 0.4) is 0 Å². The lowest BCUT2D eigenvalue weighted by Gasteiger charge is -2.35. The third-order valence-corrected chi connectivity index (χ3v) is 4.72. The molecule has 1 N–H and O–H groups in total. The van der Waals surface area contributed by atoms with E-state index in [1.165, 1.54) is 0 Å². The summed E-state index contributed by atoms with van der Waals surface area (Å²) < 4.78 is 2.07. The van der Waals surface area contributed by atoms with Gasteiger partial charge in [0.15, 0.2) is 0 Å². The lowest BCUT2D eigenvalue weighted by molar-refractivity contribution is -0.141. The molecule has 1 fully saturated rings. The van der Waals surface area contributed by atoms with Crippen molar-refractivity contribution < 1.29 is 4.79 Å². The summed E-state index contributed by atoms with van der Waals surface area (Å²) in [5, 5.41) is 3.34. The monoisotopic (exact) mass is 300 g/mol. The number of piperidine rings is 1. The molecule has 1 aromatic heterocycles. The van der Waals surface area contributed by atoms with E-state index in [0.717, 1.165) is 42.8 Å². The molecule has 0 spiro atoms. The van der Waals surface area contributed by atoms with Gasteiger partial charge in [-0.3, -0.25) is 4.79 Å². The van der Waals surface area contributed by atoms with E-state index in [9.17, 15) is 4.79 Å². The zero-order valence-corrected chi connectivity index (χ0v) is 13.6. The Morgan fingerprint density at radius 3 is 2.91 bits per heavy atom. The summed E-state index contributed by atoms with van der Waals surface area (Å²) in [4.78, 5) is 19.3. The molecule has 5 nitrogen and oxygen atoms in total. The molecule has 118 valence electrons. The standard InChI is InChI=1S/C17H24N4O/c1-17(9-6-10-18-12-17)16(22)20(2)11-15-19-13-7-4-5-8-14(13)21(15)3/h4-5,7-8,18H,6,9-12H2,1-3H3/t17-/m0/s1. The Balaban J connectivity index is 1.79. The molecule has 0 bridgehead atoms. The van der Waals surface area contributed by atoms with Gasteiger partial charge < -0.3 is 14.8 Å². The second-order valence-electron chi connectivity index (χ2n) is 6.58. The van der Waals surface area contributed by atoms with Crippen molar-refractivity contribution in [3.63, 3.8) is 0 Å². The largest absolute Gasteiger partial charge is 0.338 e. The topological polar surface area (TPSA) is 50.2 Å². The molecule has 0 radical (unpaired) electrons. The van der Waals surface area contributed by atoms with Crippen molar-refractivity contribution in [2.24, 2.45) is 12.5 Å². The normalized spacial score (nSPS) is 22.0. The van der Waals surface area contributed by atoms with Crippen LogP contribution in [-0.4, -0.2) is 40.5 Å². The van der Waals surface area contributed by atoms with E-state index in [1.807, 2.05) is 37.2 Å². The number of aromatic nitrogens is 2. The quantitative estimate of drug-likeness (QED) is 0.942. The molecular weight excluding hydrogens is 276 g/mol. The van der Waals surface area contributed by atoms with Gasteiger partial charge in [-0.15, -0.1) is 0 Å². The fraction of sp³-hybridized carbons (Fsp3) is 0.529. The van der Waals surface area contributed by atoms with E-state index in [2.05, 4.69) is 27.9 Å². The molecule has 5 heteroatoms. The van der Waals surface area contributed by atoms with Gasteiger partial charge in [0, 0.05) is 20.6 Å². The summed E-state index contributed by atoms with van der Waals surface area (Å²) in [5.41, 5.74) is 1.78. The van der Waals surface area contributed by atoms with Crippen LogP contribution >= 0.6 is 0 Å². The van der Waals surface area contributed by atoms with Crippen LogP contribution in [0.2, 0.25) is 0 Å². The summed E-state index contributed by atoms with van der Waals surface area (Å²) in [6.45, 7) is 4.38. The first-order valence-electron chi connectivity index (χ1n) is 7.88. The van der Waals surface area contributed by atoms with Crippen molar-refractivity contribution in [3.8, 4) is 0 Å². The Morgan fingerprint density at radius 2 is 2.23 bits per heavy atom. The first kappa shape index (κ1) is 15.0. The third-order valence-electron chi connectivity index (χ3n) is 4.72. The SMILES string of the molecule is CN(Cc1nc2ccccc2n1C)C(=O)[C@@]1(C)CCCNC1. The number of benzene rings is 1. The Morgan fingerprint density at radius 1 is 1.45 bits per heavy atom. The highest BCUT2D eigenvalue weighted by Crippen LogP contribution is 2.28. The second-order valence-corrected chi connectivity index (χ2v) is 6.58. The van der Waals surface area contributed by atoms with E-state index >= 15 is 0 Å². The first-order chi connectivity index (χ1) is 10.5. The summed E-state index contributed by atoms with van der Waals surface area (Å²) in [5.74, 6) is 1.12. The smallest absolute Gasteiger partial charge is 0.229 e. The highest BCUT2D eigenvalue weighted by Gasteiger charge is 2.36. The van der Waals surface area contributed by atoms with Crippen molar-refractivity contribution in [2.75, 3.05) is 20.1 Å². The number of nitrogens with one attached hydrogen (secondary N) is 1. The molecule has 2 aromatic rings. The van der Waals surface area contributed by atoms with Gasteiger partial charge in [-0.1, -0.05) is 12.1 Å². The second kappa shape index (κ2) is 5.72. The van der Waals surface area contributed by atoms with Gasteiger partial charge in [0.2, 0.25) is 5.91 Å². The van der Waals surface area contributed by atoms with Crippen LogP contribution < -0.4 is 5.32 Å². The molecule has 2 heterocycles. The summed E-state index contributed by atoms with van der Waals surface area (Å²) in [6.07, 6.45) is 2.01. The van der Waals surface area contributed by atoms with Gasteiger partial charge in [0.05, 0.1) is 23.0 Å². The molecule has 0 saturated carbocycles. The molecule has 1 saturated heterocycles. The number of carbonyl (C=O) groups is 1. The Bertz CT molecular complexity index is 685. The molecule has 1 amide bonds. The van der Waals surface area contributed by atoms with E-state index in [-0.39, 0.29) is 11.3 Å². The highest BCUT2D eigenvalue weighted by atomic mass is 16.2. The number of hydrogen-bond acceptors (Lipinski definition) is 3. The maximum absolute atomic E-state index is 12.8. The van der Waals surface area contributed by atoms with Gasteiger partial charge >= 0.3 is 0 Å². The Labute approximate surface area is 131 Å². The lowest BCUT2D eigenvalue weighted by atomic mass is 9.81. The minimum atomic E-state index is -0.294. The van der Waals surface area contributed by atoms with Crippen LogP contribution in [0, 0.1) is 5.41 Å². The Kier molecular flexibility index (Phi) is 3.91. The van der Waals surface area contributed by atoms with Gasteiger partial charge in [-0.25, -0.2) is 4.98 Å². The zero-order valence-electron chi connectivity index (χ0n) is 13.6. The van der Waals surface area contributed by atoms with Gasteiger partial charge in [-0.2, -0.15) is 0 Å². The summed E-state index contributed by atoms with van der Waals surface area (Å²) >= 11 is 0. The van der Waals surface area contributed by atoms with Crippen molar-refractivity contribution in [3.05, 3.63) is 30.1 Å². The zero-order chi connectivity index (χ0) is 15.7. The van der Waals surface area contributed by atoms with Crippen LogP contribution in [0.5, 0.6) is 0 Å². The van der Waals surface area contributed by atoms with Gasteiger partial charge in [-0.05, 0) is 38.4 Å². The maximum Gasteiger partial charge on any atom is 0.229 e. The van der Waals surface area contributed by atoms with Crippen molar-refractivity contribution >= 4 is 16.9 Å². The van der Waals surface area contributed by atoms with E-state index < -0.39 is 0 Å². The highest BCUT2D eigenvalue weighted by molar-refractivity contribution is 5.82. The average Bonchev–Trinajstić information content (AvgIpc) is 2.84. The number of amides is 1. The molecule has 22 heavy (non-hydrogen) atoms. The van der Waals surface area contributed by atoms with Crippen molar-refractivity contribution in [2.45, 2.75) is 26.3 Å². The summed E-state index contributed by atoms with van der Waals surface area (Å²) in [7, 11) is 3.88. The van der Waals surface area contributed by atoms with Crippen LogP contribution in [-0.2, 0) is 18.4 Å². The Hall–Kier alpha value is -1.88. The number of para-hydroxylation sites is 2. The first-order valence-corrected chi connectivity index (χ1v) is 7.88. The maximum atomic E-state index is 12.8. The predicted octanol–water partition coefficient (Wildman–Crippen LogP) is 1.92. The fourth-order valence-corrected chi connectivity index (χ4v) is 3.32. The summed E-state index contributed by atoms with van der Waals surface area (Å²) in [6, 6.07) is 8.06. The molecular formula is C17H24N4O. The predicted molar refractivity (Wildman–Crippen MR) is 87.4 cm³/mol. The van der Waals surface area contributed by atoms with Crippen molar-refractivity contribution in [1.29, 1.82) is 0 Å².